The molecule has 3 N–H and O–H groups in total. The number of rotatable bonds is 5. The molecule has 3 unspecified atom stereocenters. The fraction of sp³-hybridized carbons (Fsp3) is 0.611. The first-order valence-corrected chi connectivity index (χ1v) is 8.26. The molecular formula is C18H29N3O. The zero-order valence-corrected chi connectivity index (χ0v) is 14.0. The van der Waals surface area contributed by atoms with Gasteiger partial charge in [-0.25, -0.2) is 0 Å². The lowest BCUT2D eigenvalue weighted by Crippen LogP contribution is -2.54. The van der Waals surface area contributed by atoms with E-state index in [1.54, 1.807) is 0 Å². The first-order valence-electron chi connectivity index (χ1n) is 8.26. The Labute approximate surface area is 134 Å². The number of nitrogens with two attached hydrogens (primary N) is 1. The van der Waals surface area contributed by atoms with Crippen LogP contribution in [-0.4, -0.2) is 31.1 Å². The molecule has 1 aromatic carbocycles. The van der Waals surface area contributed by atoms with Crippen molar-refractivity contribution in [3.05, 3.63) is 30.3 Å². The second kappa shape index (κ2) is 7.14. The first-order chi connectivity index (χ1) is 10.4. The van der Waals surface area contributed by atoms with Crippen molar-refractivity contribution in [3.8, 4) is 0 Å². The fourth-order valence-electron chi connectivity index (χ4n) is 3.21. The number of likely N-dealkylation sites (N-methyl/N-ethyl adjacent to an activating group) is 1. The van der Waals surface area contributed by atoms with Gasteiger partial charge in [0.05, 0.1) is 5.92 Å². The summed E-state index contributed by atoms with van der Waals surface area (Å²) in [5, 5.41) is 3.10. The van der Waals surface area contributed by atoms with Crippen molar-refractivity contribution >= 4 is 11.6 Å². The molecule has 4 heteroatoms. The van der Waals surface area contributed by atoms with E-state index < -0.39 is 0 Å². The molecule has 0 aliphatic heterocycles. The highest BCUT2D eigenvalue weighted by Crippen LogP contribution is 2.31. The van der Waals surface area contributed by atoms with Crippen molar-refractivity contribution in [1.82, 2.24) is 5.32 Å². The molecule has 0 heterocycles. The summed E-state index contributed by atoms with van der Waals surface area (Å²) in [6, 6.07) is 10.5. The summed E-state index contributed by atoms with van der Waals surface area (Å²) in [5.74, 6) is 0.0495. The number of benzene rings is 1. The summed E-state index contributed by atoms with van der Waals surface area (Å²) < 4.78 is 0. The zero-order chi connectivity index (χ0) is 16.2. The Kier molecular flexibility index (Phi) is 5.46. The number of anilines is 1. The number of para-hydroxylation sites is 1. The molecular weight excluding hydrogens is 274 g/mol. The Morgan fingerprint density at radius 3 is 2.73 bits per heavy atom. The van der Waals surface area contributed by atoms with Gasteiger partial charge in [-0.15, -0.1) is 0 Å². The zero-order valence-electron chi connectivity index (χ0n) is 14.0. The molecule has 0 bridgehead atoms. The summed E-state index contributed by atoms with van der Waals surface area (Å²) in [7, 11) is 2.06. The summed E-state index contributed by atoms with van der Waals surface area (Å²) in [4.78, 5) is 14.7. The maximum absolute atomic E-state index is 12.5. The number of carbonyl (C=O) groups excluding carboxylic acids is 1. The minimum atomic E-state index is -0.364. The number of hydrogen-bond donors (Lipinski definition) is 2. The second-order valence-corrected chi connectivity index (χ2v) is 6.84. The highest BCUT2D eigenvalue weighted by Gasteiger charge is 2.37. The van der Waals surface area contributed by atoms with Crippen LogP contribution in [0.3, 0.4) is 0 Å². The van der Waals surface area contributed by atoms with E-state index in [0.717, 1.165) is 31.4 Å². The molecule has 2 rings (SSSR count). The van der Waals surface area contributed by atoms with E-state index in [-0.39, 0.29) is 23.4 Å². The summed E-state index contributed by atoms with van der Waals surface area (Å²) >= 11 is 0. The van der Waals surface area contributed by atoms with Gasteiger partial charge >= 0.3 is 0 Å². The summed E-state index contributed by atoms with van der Waals surface area (Å²) in [6.07, 6.45) is 4.07. The van der Waals surface area contributed by atoms with Gasteiger partial charge in [0.1, 0.15) is 0 Å². The molecule has 1 saturated carbocycles. The third-order valence-corrected chi connectivity index (χ3v) is 4.97. The van der Waals surface area contributed by atoms with Gasteiger partial charge in [-0.1, -0.05) is 31.0 Å². The van der Waals surface area contributed by atoms with E-state index >= 15 is 0 Å². The van der Waals surface area contributed by atoms with Crippen LogP contribution in [0.4, 0.5) is 5.69 Å². The van der Waals surface area contributed by atoms with Crippen molar-refractivity contribution in [2.75, 3.05) is 18.5 Å². The molecule has 4 nitrogen and oxygen atoms in total. The predicted molar refractivity (Wildman–Crippen MR) is 91.9 cm³/mol. The number of nitrogens with one attached hydrogen (secondary N) is 1. The summed E-state index contributed by atoms with van der Waals surface area (Å²) in [5.41, 5.74) is 7.10. The number of carbonyl (C=O) groups is 1. The van der Waals surface area contributed by atoms with Crippen molar-refractivity contribution in [3.63, 3.8) is 0 Å². The molecule has 1 aromatic rings. The van der Waals surface area contributed by atoms with E-state index in [4.69, 9.17) is 5.73 Å². The molecule has 22 heavy (non-hydrogen) atoms. The summed E-state index contributed by atoms with van der Waals surface area (Å²) in [6.45, 7) is 4.77. The van der Waals surface area contributed by atoms with Crippen LogP contribution in [0.25, 0.3) is 0 Å². The van der Waals surface area contributed by atoms with Crippen LogP contribution in [0.5, 0.6) is 0 Å². The maximum Gasteiger partial charge on any atom is 0.225 e. The fourth-order valence-corrected chi connectivity index (χ4v) is 3.21. The van der Waals surface area contributed by atoms with Crippen LogP contribution in [0.1, 0.15) is 39.5 Å². The lowest BCUT2D eigenvalue weighted by Gasteiger charge is -2.37. The topological polar surface area (TPSA) is 58.4 Å². The van der Waals surface area contributed by atoms with Gasteiger partial charge in [0.25, 0.3) is 0 Å². The highest BCUT2D eigenvalue weighted by atomic mass is 16.1. The SMILES string of the molecule is CC(CNC(=O)C1CCCCC1(C)N)N(C)c1ccccc1. The minimum Gasteiger partial charge on any atom is -0.370 e. The quantitative estimate of drug-likeness (QED) is 0.879. The lowest BCUT2D eigenvalue weighted by atomic mass is 9.74. The first kappa shape index (κ1) is 16.8. The molecule has 0 spiro atoms. The largest absolute Gasteiger partial charge is 0.370 e. The van der Waals surface area contributed by atoms with Crippen LogP contribution in [-0.2, 0) is 4.79 Å². The van der Waals surface area contributed by atoms with Crippen LogP contribution >= 0.6 is 0 Å². The molecule has 1 aliphatic carbocycles. The standard InChI is InChI=1S/C18H29N3O/c1-14(21(3)15-9-5-4-6-10-15)13-20-17(22)16-11-7-8-12-18(16,2)19/h4-6,9-10,14,16H,7-8,11-13,19H2,1-3H3,(H,20,22). The van der Waals surface area contributed by atoms with Crippen LogP contribution in [0.2, 0.25) is 0 Å². The van der Waals surface area contributed by atoms with Gasteiger partial charge < -0.3 is 16.0 Å². The molecule has 3 atom stereocenters. The smallest absolute Gasteiger partial charge is 0.225 e. The van der Waals surface area contributed by atoms with Crippen molar-refractivity contribution < 1.29 is 4.79 Å². The van der Waals surface area contributed by atoms with E-state index in [1.165, 1.54) is 0 Å². The maximum atomic E-state index is 12.5. The Hall–Kier alpha value is -1.55. The number of nitrogens with zero attached hydrogens (tertiary/aromatic N) is 1. The average Bonchev–Trinajstić information content (AvgIpc) is 2.52. The third-order valence-electron chi connectivity index (χ3n) is 4.97. The lowest BCUT2D eigenvalue weighted by molar-refractivity contribution is -0.128. The van der Waals surface area contributed by atoms with Gasteiger partial charge in [0.2, 0.25) is 5.91 Å². The van der Waals surface area contributed by atoms with E-state index in [0.29, 0.717) is 6.54 Å². The molecule has 122 valence electrons. The minimum absolute atomic E-state index is 0.0597. The van der Waals surface area contributed by atoms with Crippen LogP contribution in [0.15, 0.2) is 30.3 Å². The van der Waals surface area contributed by atoms with E-state index in [1.807, 2.05) is 25.1 Å². The normalized spacial score (nSPS) is 26.3. The van der Waals surface area contributed by atoms with Crippen molar-refractivity contribution in [1.29, 1.82) is 0 Å². The van der Waals surface area contributed by atoms with E-state index in [2.05, 4.69) is 36.3 Å². The Morgan fingerprint density at radius 2 is 2.09 bits per heavy atom. The number of hydrogen-bond acceptors (Lipinski definition) is 3. The molecule has 0 saturated heterocycles. The van der Waals surface area contributed by atoms with Gasteiger partial charge in [0, 0.05) is 30.9 Å². The highest BCUT2D eigenvalue weighted by molar-refractivity contribution is 5.80. The van der Waals surface area contributed by atoms with Crippen molar-refractivity contribution in [2.45, 2.75) is 51.1 Å². The molecule has 0 radical (unpaired) electrons. The van der Waals surface area contributed by atoms with Gasteiger partial charge in [-0.2, -0.15) is 0 Å². The Morgan fingerprint density at radius 1 is 1.41 bits per heavy atom. The molecule has 0 aromatic heterocycles. The van der Waals surface area contributed by atoms with Gasteiger partial charge in [-0.3, -0.25) is 4.79 Å². The van der Waals surface area contributed by atoms with Crippen LogP contribution in [0, 0.1) is 5.92 Å². The van der Waals surface area contributed by atoms with Gasteiger partial charge in [0.15, 0.2) is 0 Å². The Bertz CT molecular complexity index is 486. The average molecular weight is 303 g/mol. The number of amides is 1. The molecule has 1 amide bonds. The molecule has 1 fully saturated rings. The van der Waals surface area contributed by atoms with Crippen molar-refractivity contribution in [2.24, 2.45) is 11.7 Å². The molecule has 1 aliphatic rings. The monoisotopic (exact) mass is 303 g/mol. The predicted octanol–water partition coefficient (Wildman–Crippen LogP) is 2.54. The van der Waals surface area contributed by atoms with Crippen LogP contribution < -0.4 is 16.0 Å². The Balaban J connectivity index is 1.88. The second-order valence-electron chi connectivity index (χ2n) is 6.84. The third kappa shape index (κ3) is 4.01. The van der Waals surface area contributed by atoms with E-state index in [9.17, 15) is 4.79 Å². The van der Waals surface area contributed by atoms with Gasteiger partial charge in [-0.05, 0) is 38.8 Å².